The van der Waals surface area contributed by atoms with Crippen LogP contribution in [0.3, 0.4) is 0 Å². The van der Waals surface area contributed by atoms with Crippen molar-refractivity contribution in [3.05, 3.63) is 60.7 Å². The zero-order valence-electron chi connectivity index (χ0n) is 12.6. The summed E-state index contributed by atoms with van der Waals surface area (Å²) in [7, 11) is 0. The minimum Gasteiger partial charge on any atom is -0.364 e. The fraction of sp³-hybridized carbons (Fsp3) is 0.235. The Balaban J connectivity index is 1.67. The van der Waals surface area contributed by atoms with E-state index in [9.17, 15) is 0 Å². The summed E-state index contributed by atoms with van der Waals surface area (Å²) < 4.78 is 1.96. The highest BCUT2D eigenvalue weighted by Crippen LogP contribution is 2.18. The van der Waals surface area contributed by atoms with Gasteiger partial charge in [0.15, 0.2) is 0 Å². The molecule has 5 nitrogen and oxygen atoms in total. The van der Waals surface area contributed by atoms with E-state index < -0.39 is 0 Å². The molecule has 0 spiro atoms. The SMILES string of the molecule is CCCn1ccc(CNc2cc(-c3ccccc3)ncn2)n1. The van der Waals surface area contributed by atoms with Crippen LogP contribution in [0.2, 0.25) is 0 Å². The molecule has 0 atom stereocenters. The highest BCUT2D eigenvalue weighted by Gasteiger charge is 2.03. The molecule has 0 aliphatic heterocycles. The Hall–Kier alpha value is -2.69. The van der Waals surface area contributed by atoms with Crippen molar-refractivity contribution in [2.24, 2.45) is 0 Å². The molecule has 0 amide bonds. The summed E-state index contributed by atoms with van der Waals surface area (Å²) in [5.41, 5.74) is 3.00. The van der Waals surface area contributed by atoms with Crippen molar-refractivity contribution in [3.63, 3.8) is 0 Å². The van der Waals surface area contributed by atoms with Gasteiger partial charge in [0.1, 0.15) is 12.1 Å². The summed E-state index contributed by atoms with van der Waals surface area (Å²) in [6, 6.07) is 14.1. The molecule has 22 heavy (non-hydrogen) atoms. The van der Waals surface area contributed by atoms with Gasteiger partial charge in [0, 0.05) is 24.4 Å². The van der Waals surface area contributed by atoms with Crippen molar-refractivity contribution >= 4 is 5.82 Å². The van der Waals surface area contributed by atoms with E-state index in [0.717, 1.165) is 35.7 Å². The largest absolute Gasteiger partial charge is 0.364 e. The molecule has 0 saturated heterocycles. The summed E-state index contributed by atoms with van der Waals surface area (Å²) >= 11 is 0. The van der Waals surface area contributed by atoms with Gasteiger partial charge in [-0.2, -0.15) is 5.10 Å². The smallest absolute Gasteiger partial charge is 0.130 e. The zero-order chi connectivity index (χ0) is 15.2. The molecule has 0 aliphatic rings. The molecule has 2 aromatic heterocycles. The Kier molecular flexibility index (Phi) is 4.44. The number of hydrogen-bond donors (Lipinski definition) is 1. The van der Waals surface area contributed by atoms with Crippen molar-refractivity contribution in [3.8, 4) is 11.3 Å². The first-order chi connectivity index (χ1) is 10.8. The monoisotopic (exact) mass is 293 g/mol. The van der Waals surface area contributed by atoms with Crippen LogP contribution in [0.25, 0.3) is 11.3 Å². The first kappa shape index (κ1) is 14.3. The summed E-state index contributed by atoms with van der Waals surface area (Å²) in [6.45, 7) is 3.75. The van der Waals surface area contributed by atoms with E-state index in [-0.39, 0.29) is 0 Å². The van der Waals surface area contributed by atoms with Crippen LogP contribution < -0.4 is 5.32 Å². The molecule has 112 valence electrons. The molecule has 0 aliphatic carbocycles. The van der Waals surface area contributed by atoms with Gasteiger partial charge in [-0.25, -0.2) is 9.97 Å². The average molecular weight is 293 g/mol. The molecule has 5 heteroatoms. The Morgan fingerprint density at radius 2 is 1.95 bits per heavy atom. The summed E-state index contributed by atoms with van der Waals surface area (Å²) in [5, 5.41) is 7.81. The fourth-order valence-electron chi connectivity index (χ4n) is 2.25. The van der Waals surface area contributed by atoms with Gasteiger partial charge in [-0.3, -0.25) is 4.68 Å². The van der Waals surface area contributed by atoms with Crippen LogP contribution >= 0.6 is 0 Å². The quantitative estimate of drug-likeness (QED) is 0.757. The zero-order valence-corrected chi connectivity index (χ0v) is 12.6. The van der Waals surface area contributed by atoms with E-state index in [1.165, 1.54) is 0 Å². The van der Waals surface area contributed by atoms with Gasteiger partial charge in [0.2, 0.25) is 0 Å². The number of aromatic nitrogens is 4. The van der Waals surface area contributed by atoms with Gasteiger partial charge in [-0.1, -0.05) is 37.3 Å². The normalized spacial score (nSPS) is 10.6. The molecular weight excluding hydrogens is 274 g/mol. The van der Waals surface area contributed by atoms with Crippen molar-refractivity contribution in [1.29, 1.82) is 0 Å². The molecule has 0 fully saturated rings. The molecule has 0 bridgehead atoms. The predicted molar refractivity (Wildman–Crippen MR) is 87.3 cm³/mol. The lowest BCUT2D eigenvalue weighted by molar-refractivity contribution is 0.595. The van der Waals surface area contributed by atoms with Gasteiger partial charge in [-0.05, 0) is 12.5 Å². The highest BCUT2D eigenvalue weighted by molar-refractivity contribution is 5.61. The molecule has 1 N–H and O–H groups in total. The number of anilines is 1. The van der Waals surface area contributed by atoms with Crippen LogP contribution in [0.15, 0.2) is 55.0 Å². The molecule has 3 aromatic rings. The number of aryl methyl sites for hydroxylation is 1. The van der Waals surface area contributed by atoms with Crippen LogP contribution in [-0.4, -0.2) is 19.7 Å². The minimum atomic E-state index is 0.655. The van der Waals surface area contributed by atoms with Crippen molar-refractivity contribution < 1.29 is 0 Å². The maximum Gasteiger partial charge on any atom is 0.130 e. The van der Waals surface area contributed by atoms with E-state index in [2.05, 4.69) is 27.3 Å². The standard InChI is InChI=1S/C17H19N5/c1-2-9-22-10-8-15(21-22)12-18-17-11-16(19-13-20-17)14-6-4-3-5-7-14/h3-8,10-11,13H,2,9,12H2,1H3,(H,18,19,20). The highest BCUT2D eigenvalue weighted by atomic mass is 15.3. The van der Waals surface area contributed by atoms with Crippen LogP contribution in [0.4, 0.5) is 5.82 Å². The number of rotatable bonds is 6. The van der Waals surface area contributed by atoms with Crippen molar-refractivity contribution in [2.45, 2.75) is 26.4 Å². The van der Waals surface area contributed by atoms with Gasteiger partial charge in [0.25, 0.3) is 0 Å². The van der Waals surface area contributed by atoms with Crippen LogP contribution in [0, 0.1) is 0 Å². The number of nitrogens with one attached hydrogen (secondary N) is 1. The lowest BCUT2D eigenvalue weighted by Crippen LogP contribution is -2.04. The maximum atomic E-state index is 4.51. The van der Waals surface area contributed by atoms with Crippen LogP contribution in [-0.2, 0) is 13.1 Å². The number of benzene rings is 1. The second-order valence-electron chi connectivity index (χ2n) is 5.08. The maximum absolute atomic E-state index is 4.51. The lowest BCUT2D eigenvalue weighted by Gasteiger charge is -2.06. The van der Waals surface area contributed by atoms with Crippen molar-refractivity contribution in [1.82, 2.24) is 19.7 Å². The van der Waals surface area contributed by atoms with E-state index in [1.54, 1.807) is 6.33 Å². The first-order valence-electron chi connectivity index (χ1n) is 7.49. The van der Waals surface area contributed by atoms with E-state index in [1.807, 2.05) is 53.3 Å². The molecule has 0 radical (unpaired) electrons. The predicted octanol–water partition coefficient (Wildman–Crippen LogP) is 3.36. The molecule has 1 aromatic carbocycles. The molecule has 2 heterocycles. The summed E-state index contributed by atoms with van der Waals surface area (Å²) in [4.78, 5) is 8.59. The Morgan fingerprint density at radius 3 is 2.77 bits per heavy atom. The third kappa shape index (κ3) is 3.49. The molecule has 3 rings (SSSR count). The van der Waals surface area contributed by atoms with E-state index in [4.69, 9.17) is 0 Å². The third-order valence-electron chi connectivity index (χ3n) is 3.34. The second-order valence-corrected chi connectivity index (χ2v) is 5.08. The number of nitrogens with zero attached hydrogens (tertiary/aromatic N) is 4. The second kappa shape index (κ2) is 6.85. The van der Waals surface area contributed by atoms with E-state index in [0.29, 0.717) is 6.54 Å². The average Bonchev–Trinajstić information content (AvgIpc) is 3.02. The first-order valence-corrected chi connectivity index (χ1v) is 7.49. The molecule has 0 unspecified atom stereocenters. The lowest BCUT2D eigenvalue weighted by atomic mass is 10.1. The Labute approximate surface area is 130 Å². The van der Waals surface area contributed by atoms with Gasteiger partial charge < -0.3 is 5.32 Å². The van der Waals surface area contributed by atoms with Crippen LogP contribution in [0.5, 0.6) is 0 Å². The Morgan fingerprint density at radius 1 is 1.09 bits per heavy atom. The summed E-state index contributed by atoms with van der Waals surface area (Å²) in [6.07, 6.45) is 4.68. The summed E-state index contributed by atoms with van der Waals surface area (Å²) in [5.74, 6) is 0.805. The Bertz CT molecular complexity index is 721. The fourth-order valence-corrected chi connectivity index (χ4v) is 2.25. The topological polar surface area (TPSA) is 55.6 Å². The van der Waals surface area contributed by atoms with Gasteiger partial charge in [0.05, 0.1) is 17.9 Å². The van der Waals surface area contributed by atoms with E-state index >= 15 is 0 Å². The minimum absolute atomic E-state index is 0.655. The third-order valence-corrected chi connectivity index (χ3v) is 3.34. The van der Waals surface area contributed by atoms with Crippen molar-refractivity contribution in [2.75, 3.05) is 5.32 Å². The number of hydrogen-bond acceptors (Lipinski definition) is 4. The van der Waals surface area contributed by atoms with Gasteiger partial charge in [-0.15, -0.1) is 0 Å². The molecular formula is C17H19N5. The molecule has 0 saturated carbocycles. The van der Waals surface area contributed by atoms with Crippen LogP contribution in [0.1, 0.15) is 19.0 Å². The van der Waals surface area contributed by atoms with Gasteiger partial charge >= 0.3 is 0 Å².